The molecule has 8 heteroatoms. The zero-order chi connectivity index (χ0) is 13.3. The van der Waals surface area contributed by atoms with E-state index >= 15 is 0 Å². The molecule has 0 fully saturated rings. The minimum Gasteiger partial charge on any atom is -0.478 e. The lowest BCUT2D eigenvalue weighted by molar-refractivity contribution is 0.0697. The number of carbonyl (C=O) groups is 2. The first kappa shape index (κ1) is 12.2. The highest BCUT2D eigenvalue weighted by Gasteiger charge is 2.19. The predicted octanol–water partition coefficient (Wildman–Crippen LogP) is 1.43. The van der Waals surface area contributed by atoms with Gasteiger partial charge in [-0.05, 0) is 25.4 Å². The summed E-state index contributed by atoms with van der Waals surface area (Å²) in [6.07, 6.45) is 1.44. The van der Waals surface area contributed by atoms with Gasteiger partial charge in [-0.3, -0.25) is 4.79 Å². The summed E-state index contributed by atoms with van der Waals surface area (Å²) in [7, 11) is 0. The third-order valence-electron chi connectivity index (χ3n) is 2.40. The fourth-order valence-corrected chi connectivity index (χ4v) is 2.07. The van der Waals surface area contributed by atoms with E-state index in [1.807, 2.05) is 0 Å². The molecule has 2 aromatic rings. The van der Waals surface area contributed by atoms with Gasteiger partial charge in [0.25, 0.3) is 5.91 Å². The van der Waals surface area contributed by atoms with Gasteiger partial charge in [0.2, 0.25) is 0 Å². The first-order valence-corrected chi connectivity index (χ1v) is 5.79. The Hall–Kier alpha value is -2.22. The van der Waals surface area contributed by atoms with Crippen LogP contribution in [0, 0.1) is 13.8 Å². The second kappa shape index (κ2) is 4.57. The number of H-pyrrole nitrogens is 1. The van der Waals surface area contributed by atoms with Crippen LogP contribution in [0.15, 0.2) is 6.20 Å². The SMILES string of the molecule is Cc1nnsc1C(=O)Nc1c[nH]c(C)c1C(=O)O. The molecule has 0 saturated heterocycles. The van der Waals surface area contributed by atoms with Crippen LogP contribution >= 0.6 is 11.5 Å². The molecule has 3 N–H and O–H groups in total. The molecule has 0 spiro atoms. The summed E-state index contributed by atoms with van der Waals surface area (Å²) in [6, 6.07) is 0. The van der Waals surface area contributed by atoms with Gasteiger partial charge in [0.15, 0.2) is 0 Å². The van der Waals surface area contributed by atoms with Gasteiger partial charge in [-0.1, -0.05) is 4.49 Å². The van der Waals surface area contributed by atoms with Crippen molar-refractivity contribution < 1.29 is 14.7 Å². The second-order valence-corrected chi connectivity index (χ2v) is 4.40. The van der Waals surface area contributed by atoms with Crippen LogP contribution in [0.5, 0.6) is 0 Å². The van der Waals surface area contributed by atoms with E-state index in [-0.39, 0.29) is 11.3 Å². The second-order valence-electron chi connectivity index (χ2n) is 3.65. The van der Waals surface area contributed by atoms with Crippen molar-refractivity contribution in [3.05, 3.63) is 28.0 Å². The molecule has 0 atom stereocenters. The summed E-state index contributed by atoms with van der Waals surface area (Å²) in [5.41, 5.74) is 1.29. The van der Waals surface area contributed by atoms with Crippen LogP contribution in [0.4, 0.5) is 5.69 Å². The molecule has 94 valence electrons. The van der Waals surface area contributed by atoms with Crippen molar-refractivity contribution in [1.29, 1.82) is 0 Å². The minimum absolute atomic E-state index is 0.0541. The van der Waals surface area contributed by atoms with E-state index < -0.39 is 11.9 Å². The zero-order valence-electron chi connectivity index (χ0n) is 9.64. The Morgan fingerprint density at radius 3 is 2.72 bits per heavy atom. The van der Waals surface area contributed by atoms with Crippen LogP contribution in [0.3, 0.4) is 0 Å². The molecule has 2 heterocycles. The number of carboxylic acid groups (broad SMARTS) is 1. The average Bonchev–Trinajstić information content (AvgIpc) is 2.85. The number of amides is 1. The number of hydrogen-bond donors (Lipinski definition) is 3. The van der Waals surface area contributed by atoms with Crippen LogP contribution in [-0.2, 0) is 0 Å². The predicted molar refractivity (Wildman–Crippen MR) is 65.1 cm³/mol. The number of rotatable bonds is 3. The number of nitrogens with one attached hydrogen (secondary N) is 2. The fraction of sp³-hybridized carbons (Fsp3) is 0.200. The van der Waals surface area contributed by atoms with Gasteiger partial charge in [-0.2, -0.15) is 0 Å². The molecule has 0 aliphatic heterocycles. The first-order chi connectivity index (χ1) is 8.50. The molecule has 0 bridgehead atoms. The molecule has 0 radical (unpaired) electrons. The van der Waals surface area contributed by atoms with E-state index in [1.165, 1.54) is 6.20 Å². The maximum absolute atomic E-state index is 11.9. The van der Waals surface area contributed by atoms with Gasteiger partial charge >= 0.3 is 5.97 Å². The van der Waals surface area contributed by atoms with E-state index in [0.29, 0.717) is 16.3 Å². The molecule has 2 aromatic heterocycles. The zero-order valence-corrected chi connectivity index (χ0v) is 10.5. The number of aromatic nitrogens is 3. The van der Waals surface area contributed by atoms with E-state index in [1.54, 1.807) is 13.8 Å². The molecule has 0 aliphatic rings. The smallest absolute Gasteiger partial charge is 0.339 e. The van der Waals surface area contributed by atoms with E-state index in [0.717, 1.165) is 11.5 Å². The highest BCUT2D eigenvalue weighted by atomic mass is 32.1. The molecule has 18 heavy (non-hydrogen) atoms. The minimum atomic E-state index is -1.09. The molecule has 7 nitrogen and oxygen atoms in total. The van der Waals surface area contributed by atoms with Crippen LogP contribution in [0.2, 0.25) is 0 Å². The highest BCUT2D eigenvalue weighted by molar-refractivity contribution is 7.08. The maximum atomic E-state index is 11.9. The fourth-order valence-electron chi connectivity index (χ4n) is 1.52. The molecular weight excluding hydrogens is 256 g/mol. The summed E-state index contributed by atoms with van der Waals surface area (Å²) in [6.45, 7) is 3.29. The van der Waals surface area contributed by atoms with Gasteiger partial charge in [0.05, 0.1) is 11.4 Å². The Morgan fingerprint density at radius 1 is 1.44 bits per heavy atom. The number of aryl methyl sites for hydroxylation is 2. The quantitative estimate of drug-likeness (QED) is 0.778. The lowest BCUT2D eigenvalue weighted by Crippen LogP contribution is -2.13. The van der Waals surface area contributed by atoms with Crippen molar-refractivity contribution >= 4 is 29.1 Å². The summed E-state index contributed by atoms with van der Waals surface area (Å²) < 4.78 is 3.65. The van der Waals surface area contributed by atoms with Gasteiger partial charge in [0.1, 0.15) is 10.4 Å². The van der Waals surface area contributed by atoms with E-state index in [2.05, 4.69) is 19.9 Å². The van der Waals surface area contributed by atoms with Crippen molar-refractivity contribution in [2.45, 2.75) is 13.8 Å². The average molecular weight is 266 g/mol. The monoisotopic (exact) mass is 266 g/mol. The Balaban J connectivity index is 2.28. The molecule has 1 amide bonds. The lowest BCUT2D eigenvalue weighted by Gasteiger charge is -2.02. The maximum Gasteiger partial charge on any atom is 0.339 e. The van der Waals surface area contributed by atoms with Crippen LogP contribution < -0.4 is 5.32 Å². The highest BCUT2D eigenvalue weighted by Crippen LogP contribution is 2.21. The molecule has 0 aromatic carbocycles. The van der Waals surface area contributed by atoms with Crippen LogP contribution in [0.1, 0.15) is 31.4 Å². The van der Waals surface area contributed by atoms with Crippen molar-refractivity contribution in [1.82, 2.24) is 14.6 Å². The van der Waals surface area contributed by atoms with Crippen molar-refractivity contribution in [3.8, 4) is 0 Å². The van der Waals surface area contributed by atoms with Crippen LogP contribution in [0.25, 0.3) is 0 Å². The lowest BCUT2D eigenvalue weighted by atomic mass is 10.2. The number of carboxylic acids is 1. The van der Waals surface area contributed by atoms with Gasteiger partial charge in [-0.25, -0.2) is 4.79 Å². The number of aromatic carboxylic acids is 1. The largest absolute Gasteiger partial charge is 0.478 e. The summed E-state index contributed by atoms with van der Waals surface area (Å²) in [5, 5.41) is 15.3. The third-order valence-corrected chi connectivity index (χ3v) is 3.22. The number of aromatic amines is 1. The Labute approximate surface area is 106 Å². The van der Waals surface area contributed by atoms with Crippen molar-refractivity contribution in [2.75, 3.05) is 5.32 Å². The standard InChI is InChI=1S/C10H10N4O3S/c1-4-7(10(16)17)6(3-11-4)12-9(15)8-5(2)13-14-18-8/h3,11H,1-2H3,(H,12,15)(H,16,17). The summed E-state index contributed by atoms with van der Waals surface area (Å²) in [5.74, 6) is -1.51. The van der Waals surface area contributed by atoms with Gasteiger partial charge in [0, 0.05) is 11.9 Å². The van der Waals surface area contributed by atoms with Gasteiger partial charge in [-0.15, -0.1) is 5.10 Å². The first-order valence-electron chi connectivity index (χ1n) is 5.02. The Kier molecular flexibility index (Phi) is 3.11. The summed E-state index contributed by atoms with van der Waals surface area (Å²) in [4.78, 5) is 26.1. The molecule has 0 aliphatic carbocycles. The number of hydrogen-bond acceptors (Lipinski definition) is 5. The van der Waals surface area contributed by atoms with Crippen molar-refractivity contribution in [2.24, 2.45) is 0 Å². The van der Waals surface area contributed by atoms with Crippen LogP contribution in [-0.4, -0.2) is 31.6 Å². The van der Waals surface area contributed by atoms with E-state index in [9.17, 15) is 9.59 Å². The normalized spacial score (nSPS) is 10.3. The number of carbonyl (C=O) groups excluding carboxylic acids is 1. The Bertz CT molecular complexity index is 616. The molecule has 0 saturated carbocycles. The summed E-state index contributed by atoms with van der Waals surface area (Å²) >= 11 is 0.967. The third kappa shape index (κ3) is 2.09. The topological polar surface area (TPSA) is 108 Å². The van der Waals surface area contributed by atoms with E-state index in [4.69, 9.17) is 5.11 Å². The van der Waals surface area contributed by atoms with Gasteiger partial charge < -0.3 is 15.4 Å². The molecular formula is C10H10N4O3S. The number of anilines is 1. The van der Waals surface area contributed by atoms with Crippen molar-refractivity contribution in [3.63, 3.8) is 0 Å². The Morgan fingerprint density at radius 2 is 2.17 bits per heavy atom. The molecule has 2 rings (SSSR count). The molecule has 0 unspecified atom stereocenters. The number of nitrogens with zero attached hydrogens (tertiary/aromatic N) is 2.